The fourth-order valence-electron chi connectivity index (χ4n) is 2.66. The van der Waals surface area contributed by atoms with Crippen LogP contribution in [0.15, 0.2) is 17.1 Å². The number of hydrogen-bond donors (Lipinski definition) is 0. The van der Waals surface area contributed by atoms with Crippen molar-refractivity contribution in [3.8, 4) is 0 Å². The van der Waals surface area contributed by atoms with Crippen LogP contribution in [0, 0.1) is 0 Å². The fraction of sp³-hybridized carbons (Fsp3) is 0.789. The Labute approximate surface area is 136 Å². The molecule has 0 aromatic carbocycles. The highest BCUT2D eigenvalue weighted by molar-refractivity contribution is 6.21. The summed E-state index contributed by atoms with van der Waals surface area (Å²) in [7, 11) is 1.41. The number of carbonyl (C=O) groups excluding carboxylic acids is 1. The van der Waals surface area contributed by atoms with E-state index in [1.807, 2.05) is 6.08 Å². The molecule has 0 spiro atoms. The summed E-state index contributed by atoms with van der Waals surface area (Å²) < 4.78 is 4.64. The number of allylic oxidation sites excluding steroid dienone is 1. The van der Waals surface area contributed by atoms with Crippen molar-refractivity contribution in [2.75, 3.05) is 7.11 Å². The summed E-state index contributed by atoms with van der Waals surface area (Å²) in [5.41, 5.74) is 0.870. The second kappa shape index (κ2) is 12.4. The zero-order valence-corrected chi connectivity index (χ0v) is 14.5. The van der Waals surface area contributed by atoms with Gasteiger partial charge in [-0.15, -0.1) is 0 Å². The lowest BCUT2D eigenvalue weighted by atomic mass is 10.1. The lowest BCUT2D eigenvalue weighted by Crippen LogP contribution is -2.12. The van der Waals surface area contributed by atoms with Gasteiger partial charge in [0.05, 0.1) is 12.8 Å². The molecule has 1 aliphatic rings. The summed E-state index contributed by atoms with van der Waals surface area (Å²) in [6.45, 7) is 2.27. The smallest absolute Gasteiger partial charge is 0.336 e. The van der Waals surface area contributed by atoms with E-state index in [-0.39, 0.29) is 12.0 Å². The second-order valence-corrected chi connectivity index (χ2v) is 6.21. The van der Waals surface area contributed by atoms with Crippen molar-refractivity contribution in [3.05, 3.63) is 12.2 Å². The summed E-state index contributed by atoms with van der Waals surface area (Å²) in [6, 6.07) is -0.307. The molecule has 0 unspecified atom stereocenters. The summed E-state index contributed by atoms with van der Waals surface area (Å²) in [5, 5.41) is 0. The zero-order valence-electron chi connectivity index (χ0n) is 14.5. The fourth-order valence-corrected chi connectivity index (χ4v) is 2.66. The second-order valence-electron chi connectivity index (χ2n) is 6.21. The van der Waals surface area contributed by atoms with Gasteiger partial charge in [-0.25, -0.2) is 4.79 Å². The maximum atomic E-state index is 11.1. The molecule has 1 heterocycles. The molecule has 1 rings (SSSR count). The van der Waals surface area contributed by atoms with E-state index in [0.29, 0.717) is 0 Å². The zero-order chi connectivity index (χ0) is 16.0. The van der Waals surface area contributed by atoms with E-state index in [2.05, 4.69) is 22.7 Å². The van der Waals surface area contributed by atoms with Gasteiger partial charge in [-0.05, 0) is 18.9 Å². The Morgan fingerprint density at radius 3 is 2.09 bits per heavy atom. The van der Waals surface area contributed by atoms with Crippen LogP contribution < -0.4 is 0 Å². The molecule has 0 aliphatic carbocycles. The molecule has 1 atom stereocenters. The van der Waals surface area contributed by atoms with Crippen molar-refractivity contribution in [1.29, 1.82) is 0 Å². The van der Waals surface area contributed by atoms with Crippen LogP contribution in [0.1, 0.15) is 84.0 Å². The van der Waals surface area contributed by atoms with Gasteiger partial charge in [0, 0.05) is 0 Å². The number of esters is 1. The Kier molecular flexibility index (Phi) is 10.7. The van der Waals surface area contributed by atoms with Crippen LogP contribution in [0.3, 0.4) is 0 Å². The van der Waals surface area contributed by atoms with Gasteiger partial charge in [-0.1, -0.05) is 77.2 Å². The minimum absolute atomic E-state index is 0.241. The number of ether oxygens (including phenoxy) is 1. The van der Waals surface area contributed by atoms with Crippen LogP contribution in [-0.4, -0.2) is 24.8 Å². The lowest BCUT2D eigenvalue weighted by molar-refractivity contribution is -0.139. The molecule has 0 aromatic rings. The van der Waals surface area contributed by atoms with E-state index in [1.54, 1.807) is 0 Å². The molecule has 3 heteroatoms. The number of unbranched alkanes of at least 4 members (excludes halogenated alkanes) is 11. The summed E-state index contributed by atoms with van der Waals surface area (Å²) >= 11 is 0. The summed E-state index contributed by atoms with van der Waals surface area (Å²) in [5.74, 6) is -0.241. The predicted molar refractivity (Wildman–Crippen MR) is 93.5 cm³/mol. The third kappa shape index (κ3) is 9.01. The maximum absolute atomic E-state index is 11.1. The molecular weight excluding hydrogens is 274 g/mol. The summed E-state index contributed by atoms with van der Waals surface area (Å²) in [4.78, 5) is 15.2. The molecule has 22 heavy (non-hydrogen) atoms. The topological polar surface area (TPSA) is 38.7 Å². The lowest BCUT2D eigenvalue weighted by Gasteiger charge is -2.01. The van der Waals surface area contributed by atoms with E-state index in [9.17, 15) is 4.79 Å². The summed E-state index contributed by atoms with van der Waals surface area (Å²) in [6.07, 6.45) is 20.3. The number of carbonyl (C=O) groups is 1. The minimum Gasteiger partial charge on any atom is -0.467 e. The van der Waals surface area contributed by atoms with Gasteiger partial charge in [0.1, 0.15) is 0 Å². The number of methoxy groups -OCH3 is 1. The van der Waals surface area contributed by atoms with Gasteiger partial charge >= 0.3 is 5.97 Å². The van der Waals surface area contributed by atoms with Crippen LogP contribution in [0.2, 0.25) is 0 Å². The average Bonchev–Trinajstić information content (AvgIpc) is 3.30. The molecule has 0 saturated heterocycles. The van der Waals surface area contributed by atoms with E-state index in [4.69, 9.17) is 0 Å². The first-order chi connectivity index (χ1) is 10.8. The van der Waals surface area contributed by atoms with Crippen molar-refractivity contribution in [3.63, 3.8) is 0 Å². The number of rotatable bonds is 14. The van der Waals surface area contributed by atoms with Gasteiger partial charge < -0.3 is 4.74 Å². The average molecular weight is 307 g/mol. The Morgan fingerprint density at radius 2 is 1.55 bits per heavy atom. The Bertz CT molecular complexity index is 360. The van der Waals surface area contributed by atoms with Crippen LogP contribution in [0.4, 0.5) is 0 Å². The van der Waals surface area contributed by atoms with Crippen LogP contribution in [-0.2, 0) is 9.53 Å². The molecule has 0 bridgehead atoms. The van der Waals surface area contributed by atoms with Gasteiger partial charge in [0.25, 0.3) is 0 Å². The molecule has 0 aromatic heterocycles. The van der Waals surface area contributed by atoms with E-state index < -0.39 is 0 Å². The van der Waals surface area contributed by atoms with Crippen LogP contribution >= 0.6 is 0 Å². The highest BCUT2D eigenvalue weighted by Crippen LogP contribution is 2.15. The minimum atomic E-state index is -0.307. The Hall–Kier alpha value is -1.12. The molecule has 0 radical (unpaired) electrons. The first-order valence-electron chi connectivity index (χ1n) is 9.11. The van der Waals surface area contributed by atoms with Crippen molar-refractivity contribution < 1.29 is 9.53 Å². The third-order valence-electron chi connectivity index (χ3n) is 4.18. The van der Waals surface area contributed by atoms with Crippen molar-refractivity contribution in [1.82, 2.24) is 0 Å². The third-order valence-corrected chi connectivity index (χ3v) is 4.18. The van der Waals surface area contributed by atoms with Crippen molar-refractivity contribution in [2.24, 2.45) is 4.99 Å². The van der Waals surface area contributed by atoms with E-state index in [0.717, 1.165) is 12.1 Å². The maximum Gasteiger partial charge on any atom is 0.336 e. The molecule has 1 aliphatic heterocycles. The van der Waals surface area contributed by atoms with Crippen molar-refractivity contribution in [2.45, 2.75) is 90.0 Å². The van der Waals surface area contributed by atoms with Gasteiger partial charge in [-0.3, -0.25) is 4.99 Å². The normalized spacial score (nSPS) is 16.8. The molecule has 0 amide bonds. The van der Waals surface area contributed by atoms with Crippen LogP contribution in [0.25, 0.3) is 0 Å². The SMILES string of the molecule is CCCCCCCCCCCCC/C=C/C1=N[C@@H]1C(=O)OC. The molecule has 0 fully saturated rings. The Balaban J connectivity index is 1.79. The van der Waals surface area contributed by atoms with E-state index in [1.165, 1.54) is 77.7 Å². The number of aliphatic imine (C=N–C) groups is 1. The first-order valence-corrected chi connectivity index (χ1v) is 9.11. The van der Waals surface area contributed by atoms with Crippen molar-refractivity contribution >= 4 is 11.7 Å². The van der Waals surface area contributed by atoms with Gasteiger partial charge in [0.15, 0.2) is 6.04 Å². The molecule has 126 valence electrons. The molecule has 0 N–H and O–H groups in total. The molecular formula is C19H33NO2. The molecule has 3 nitrogen and oxygen atoms in total. The quantitative estimate of drug-likeness (QED) is 0.325. The van der Waals surface area contributed by atoms with Gasteiger partial charge in [0.2, 0.25) is 0 Å². The Morgan fingerprint density at radius 1 is 1.00 bits per heavy atom. The van der Waals surface area contributed by atoms with Crippen LogP contribution in [0.5, 0.6) is 0 Å². The van der Waals surface area contributed by atoms with Gasteiger partial charge in [-0.2, -0.15) is 0 Å². The highest BCUT2D eigenvalue weighted by atomic mass is 16.5. The van der Waals surface area contributed by atoms with E-state index >= 15 is 0 Å². The monoisotopic (exact) mass is 307 g/mol. The first kappa shape index (κ1) is 18.9. The highest BCUT2D eigenvalue weighted by Gasteiger charge is 2.33. The largest absolute Gasteiger partial charge is 0.467 e. The molecule has 0 saturated carbocycles. The standard InChI is InChI=1S/C19H33NO2/c1-3-4-5-6-7-8-9-10-11-12-13-14-15-16-17-18(20-17)19(21)22-2/h15-16,18H,3-14H2,1-2H3/b16-15+/t18-/m0/s1. The number of hydrogen-bond acceptors (Lipinski definition) is 3. The predicted octanol–water partition coefficient (Wildman–Crippen LogP) is 5.24. The number of nitrogens with zero attached hydrogens (tertiary/aromatic N) is 1.